The largest absolute Gasteiger partial charge is 0.444 e. The van der Waals surface area contributed by atoms with E-state index in [1.54, 1.807) is 0 Å². The van der Waals surface area contributed by atoms with Crippen LogP contribution in [0.15, 0.2) is 4.99 Å². The number of hydrogen-bond donors (Lipinski definition) is 2. The summed E-state index contributed by atoms with van der Waals surface area (Å²) in [5.41, 5.74) is -0.463. The quantitative estimate of drug-likeness (QED) is 0.381. The van der Waals surface area contributed by atoms with Gasteiger partial charge in [0.15, 0.2) is 5.96 Å². The van der Waals surface area contributed by atoms with Crippen LogP contribution >= 0.6 is 24.0 Å². The fourth-order valence-corrected chi connectivity index (χ4v) is 2.40. The summed E-state index contributed by atoms with van der Waals surface area (Å²) in [4.78, 5) is 18.8. The predicted octanol–water partition coefficient (Wildman–Crippen LogP) is 3.22. The van der Waals surface area contributed by atoms with E-state index in [2.05, 4.69) is 36.3 Å². The maximum Gasteiger partial charge on any atom is 0.407 e. The van der Waals surface area contributed by atoms with E-state index in [0.717, 1.165) is 45.0 Å². The van der Waals surface area contributed by atoms with Crippen molar-refractivity contribution in [1.82, 2.24) is 15.5 Å². The van der Waals surface area contributed by atoms with Crippen LogP contribution in [0.5, 0.6) is 0 Å². The van der Waals surface area contributed by atoms with Crippen LogP contribution in [-0.2, 0) is 4.74 Å². The third kappa shape index (κ3) is 9.54. The van der Waals surface area contributed by atoms with Gasteiger partial charge in [0.2, 0.25) is 0 Å². The Balaban J connectivity index is 0.00000529. The Morgan fingerprint density at radius 1 is 1.38 bits per heavy atom. The number of alkyl carbamates (subject to hydrolysis) is 1. The highest BCUT2D eigenvalue weighted by atomic mass is 127. The maximum atomic E-state index is 11.9. The Labute approximate surface area is 164 Å². The summed E-state index contributed by atoms with van der Waals surface area (Å²) in [6.45, 7) is 15.5. The summed E-state index contributed by atoms with van der Waals surface area (Å²) in [5.74, 6) is 1.60. The average molecular weight is 454 g/mol. The lowest BCUT2D eigenvalue weighted by Crippen LogP contribution is -2.44. The molecule has 0 spiro atoms. The number of aliphatic imine (C=N–C) groups is 1. The number of guanidine groups is 1. The first kappa shape index (κ1) is 23.3. The Hall–Kier alpha value is -0.730. The zero-order valence-electron chi connectivity index (χ0n) is 16.0. The number of nitrogens with zero attached hydrogens (tertiary/aromatic N) is 2. The monoisotopic (exact) mass is 454 g/mol. The molecule has 0 radical (unpaired) electrons. The summed E-state index contributed by atoms with van der Waals surface area (Å²) in [6.07, 6.45) is 1.65. The standard InChI is InChI=1S/C17H34N4O2.HI/c1-7-18-15(19-10-8-13(2)3)21-11-9-14(12-21)20-16(22)23-17(4,5)6;/h13-14H,7-12H2,1-6H3,(H,18,19)(H,20,22);1H. The molecule has 0 aromatic heterocycles. The molecule has 6 nitrogen and oxygen atoms in total. The highest BCUT2D eigenvalue weighted by Crippen LogP contribution is 2.12. The van der Waals surface area contributed by atoms with Crippen LogP contribution in [0.3, 0.4) is 0 Å². The van der Waals surface area contributed by atoms with Gasteiger partial charge in [0, 0.05) is 26.2 Å². The van der Waals surface area contributed by atoms with E-state index < -0.39 is 5.60 Å². The van der Waals surface area contributed by atoms with E-state index in [9.17, 15) is 4.79 Å². The molecule has 1 atom stereocenters. The lowest BCUT2D eigenvalue weighted by atomic mass is 10.1. The molecule has 0 aromatic carbocycles. The van der Waals surface area contributed by atoms with Crippen molar-refractivity contribution in [1.29, 1.82) is 0 Å². The third-order valence-corrected chi connectivity index (χ3v) is 3.51. The molecule has 1 rings (SSSR count). The van der Waals surface area contributed by atoms with Crippen molar-refractivity contribution >= 4 is 36.0 Å². The predicted molar refractivity (Wildman–Crippen MR) is 110 cm³/mol. The Kier molecular flexibility index (Phi) is 10.7. The van der Waals surface area contributed by atoms with Gasteiger partial charge < -0.3 is 20.3 Å². The Morgan fingerprint density at radius 2 is 2.04 bits per heavy atom. The number of ether oxygens (including phenoxy) is 1. The molecule has 0 aliphatic carbocycles. The van der Waals surface area contributed by atoms with E-state index in [-0.39, 0.29) is 36.1 Å². The van der Waals surface area contributed by atoms with Crippen LogP contribution in [0.2, 0.25) is 0 Å². The molecule has 1 amide bonds. The number of amides is 1. The second kappa shape index (κ2) is 11.0. The van der Waals surface area contributed by atoms with Crippen molar-refractivity contribution in [3.05, 3.63) is 0 Å². The molecule has 2 N–H and O–H groups in total. The van der Waals surface area contributed by atoms with E-state index in [0.29, 0.717) is 5.92 Å². The zero-order chi connectivity index (χ0) is 17.5. The summed E-state index contributed by atoms with van der Waals surface area (Å²) in [7, 11) is 0. The topological polar surface area (TPSA) is 66.0 Å². The van der Waals surface area contributed by atoms with E-state index in [4.69, 9.17) is 9.73 Å². The normalized spacial score (nSPS) is 18.4. The van der Waals surface area contributed by atoms with Crippen LogP contribution < -0.4 is 10.6 Å². The number of rotatable bonds is 5. The first-order chi connectivity index (χ1) is 10.7. The molecule has 1 saturated heterocycles. The van der Waals surface area contributed by atoms with Gasteiger partial charge in [-0.3, -0.25) is 4.99 Å². The molecule has 142 valence electrons. The molecule has 1 unspecified atom stereocenters. The van der Waals surface area contributed by atoms with Crippen LogP contribution in [0, 0.1) is 5.92 Å². The first-order valence-corrected chi connectivity index (χ1v) is 8.74. The zero-order valence-corrected chi connectivity index (χ0v) is 18.3. The van der Waals surface area contributed by atoms with Crippen molar-refractivity contribution in [2.45, 2.75) is 66.0 Å². The van der Waals surface area contributed by atoms with E-state index in [1.165, 1.54) is 0 Å². The fourth-order valence-electron chi connectivity index (χ4n) is 2.40. The molecular weight excluding hydrogens is 419 g/mol. The van der Waals surface area contributed by atoms with Crippen LogP contribution in [0.4, 0.5) is 4.79 Å². The van der Waals surface area contributed by atoms with Crippen molar-refractivity contribution < 1.29 is 9.53 Å². The van der Waals surface area contributed by atoms with Gasteiger partial charge in [-0.25, -0.2) is 4.79 Å². The van der Waals surface area contributed by atoms with Crippen molar-refractivity contribution in [3.63, 3.8) is 0 Å². The molecule has 1 fully saturated rings. The second-order valence-electron chi connectivity index (χ2n) is 7.50. The Morgan fingerprint density at radius 3 is 2.58 bits per heavy atom. The Bertz CT molecular complexity index is 408. The third-order valence-electron chi connectivity index (χ3n) is 3.51. The molecular formula is C17H35IN4O2. The molecule has 1 heterocycles. The summed E-state index contributed by atoms with van der Waals surface area (Å²) in [5, 5.41) is 6.29. The van der Waals surface area contributed by atoms with Crippen LogP contribution in [0.25, 0.3) is 0 Å². The molecule has 0 aromatic rings. The van der Waals surface area contributed by atoms with Gasteiger partial charge in [-0.2, -0.15) is 0 Å². The van der Waals surface area contributed by atoms with Crippen LogP contribution in [0.1, 0.15) is 54.4 Å². The van der Waals surface area contributed by atoms with Crippen molar-refractivity contribution in [2.75, 3.05) is 26.2 Å². The summed E-state index contributed by atoms with van der Waals surface area (Å²) >= 11 is 0. The number of likely N-dealkylation sites (tertiary alicyclic amines) is 1. The van der Waals surface area contributed by atoms with Gasteiger partial charge in [-0.15, -0.1) is 24.0 Å². The molecule has 1 aliphatic heterocycles. The van der Waals surface area contributed by atoms with E-state index >= 15 is 0 Å². The van der Waals surface area contributed by atoms with Gasteiger partial charge in [-0.05, 0) is 46.5 Å². The molecule has 1 aliphatic rings. The molecule has 0 bridgehead atoms. The maximum absolute atomic E-state index is 11.9. The lowest BCUT2D eigenvalue weighted by molar-refractivity contribution is 0.0507. The summed E-state index contributed by atoms with van der Waals surface area (Å²) in [6, 6.07) is 0.110. The molecule has 0 saturated carbocycles. The van der Waals surface area contributed by atoms with Crippen molar-refractivity contribution in [3.8, 4) is 0 Å². The van der Waals surface area contributed by atoms with Crippen LogP contribution in [-0.4, -0.2) is 54.8 Å². The average Bonchev–Trinajstić information content (AvgIpc) is 2.83. The number of hydrogen-bond acceptors (Lipinski definition) is 3. The highest BCUT2D eigenvalue weighted by molar-refractivity contribution is 14.0. The fraction of sp³-hybridized carbons (Fsp3) is 0.882. The minimum absolute atomic E-state index is 0. The first-order valence-electron chi connectivity index (χ1n) is 8.74. The molecule has 24 heavy (non-hydrogen) atoms. The lowest BCUT2D eigenvalue weighted by Gasteiger charge is -2.23. The minimum atomic E-state index is -0.463. The van der Waals surface area contributed by atoms with Crippen molar-refractivity contribution in [2.24, 2.45) is 10.9 Å². The summed E-state index contributed by atoms with van der Waals surface area (Å²) < 4.78 is 5.32. The molecule has 7 heteroatoms. The second-order valence-corrected chi connectivity index (χ2v) is 7.50. The van der Waals surface area contributed by atoms with Gasteiger partial charge in [-0.1, -0.05) is 13.8 Å². The van der Waals surface area contributed by atoms with Gasteiger partial charge >= 0.3 is 6.09 Å². The number of carbonyl (C=O) groups excluding carboxylic acids is 1. The van der Waals surface area contributed by atoms with Gasteiger partial charge in [0.25, 0.3) is 0 Å². The SMILES string of the molecule is CCNC(=NCCC(C)C)N1CCC(NC(=O)OC(C)(C)C)C1.I. The van der Waals surface area contributed by atoms with Gasteiger partial charge in [0.05, 0.1) is 6.04 Å². The number of halogens is 1. The number of nitrogens with one attached hydrogen (secondary N) is 2. The van der Waals surface area contributed by atoms with E-state index in [1.807, 2.05) is 20.8 Å². The minimum Gasteiger partial charge on any atom is -0.444 e. The van der Waals surface area contributed by atoms with Gasteiger partial charge in [0.1, 0.15) is 5.60 Å². The smallest absolute Gasteiger partial charge is 0.407 e. The highest BCUT2D eigenvalue weighted by Gasteiger charge is 2.27. The number of carbonyl (C=O) groups is 1.